The zero-order valence-corrected chi connectivity index (χ0v) is 9.59. The minimum Gasteiger partial charge on any atom is -0.298 e. The first-order valence-corrected chi connectivity index (χ1v) is 5.87. The van der Waals surface area contributed by atoms with Crippen LogP contribution in [0, 0.1) is 10.1 Å². The van der Waals surface area contributed by atoms with Gasteiger partial charge in [-0.25, -0.2) is 0 Å². The first kappa shape index (κ1) is 12.0. The van der Waals surface area contributed by atoms with Crippen molar-refractivity contribution in [2.45, 2.75) is 38.3 Å². The fourth-order valence-electron chi connectivity index (χ4n) is 2.03. The Hall–Kier alpha value is -1.46. The first-order valence-electron chi connectivity index (χ1n) is 5.87. The first-order chi connectivity index (χ1) is 8.25. The summed E-state index contributed by atoms with van der Waals surface area (Å²) in [6, 6.07) is 6.58. The molecule has 0 spiro atoms. The molecule has 0 aliphatic heterocycles. The molecule has 1 aliphatic rings. The van der Waals surface area contributed by atoms with Crippen LogP contribution in [0.2, 0.25) is 0 Å². The van der Waals surface area contributed by atoms with E-state index in [9.17, 15) is 10.1 Å². The van der Waals surface area contributed by atoms with Crippen LogP contribution in [0.4, 0.5) is 5.69 Å². The SMILES string of the molecule is O=[N+]([O-])c1cccc(CNOC2CCCC2)c1. The molecule has 1 saturated carbocycles. The van der Waals surface area contributed by atoms with Gasteiger partial charge < -0.3 is 0 Å². The maximum Gasteiger partial charge on any atom is 0.269 e. The zero-order valence-electron chi connectivity index (χ0n) is 9.59. The monoisotopic (exact) mass is 236 g/mol. The fraction of sp³-hybridized carbons (Fsp3) is 0.500. The summed E-state index contributed by atoms with van der Waals surface area (Å²) in [4.78, 5) is 15.7. The minimum atomic E-state index is -0.388. The predicted molar refractivity (Wildman–Crippen MR) is 63.3 cm³/mol. The van der Waals surface area contributed by atoms with E-state index in [1.165, 1.54) is 18.9 Å². The van der Waals surface area contributed by atoms with Gasteiger partial charge in [-0.3, -0.25) is 15.0 Å². The summed E-state index contributed by atoms with van der Waals surface area (Å²) in [6.45, 7) is 0.498. The van der Waals surface area contributed by atoms with Crippen molar-refractivity contribution in [2.24, 2.45) is 0 Å². The van der Waals surface area contributed by atoms with Crippen molar-refractivity contribution < 1.29 is 9.76 Å². The number of rotatable bonds is 5. The van der Waals surface area contributed by atoms with E-state index in [0.29, 0.717) is 12.6 Å². The topological polar surface area (TPSA) is 64.4 Å². The van der Waals surface area contributed by atoms with Crippen LogP contribution in [0.3, 0.4) is 0 Å². The van der Waals surface area contributed by atoms with Gasteiger partial charge in [-0.2, -0.15) is 5.48 Å². The number of hydrogen-bond acceptors (Lipinski definition) is 4. The number of hydroxylamine groups is 1. The van der Waals surface area contributed by atoms with Gasteiger partial charge in [-0.1, -0.05) is 25.0 Å². The molecule has 0 saturated heterocycles. The summed E-state index contributed by atoms with van der Waals surface area (Å²) in [5.41, 5.74) is 3.86. The highest BCUT2D eigenvalue weighted by atomic mass is 16.7. The summed E-state index contributed by atoms with van der Waals surface area (Å²) < 4.78 is 0. The minimum absolute atomic E-state index is 0.116. The second-order valence-electron chi connectivity index (χ2n) is 4.27. The van der Waals surface area contributed by atoms with Crippen LogP contribution in [0.1, 0.15) is 31.2 Å². The van der Waals surface area contributed by atoms with Crippen molar-refractivity contribution in [3.63, 3.8) is 0 Å². The van der Waals surface area contributed by atoms with Crippen molar-refractivity contribution in [1.82, 2.24) is 5.48 Å². The molecular weight excluding hydrogens is 220 g/mol. The molecule has 0 atom stereocenters. The average molecular weight is 236 g/mol. The summed E-state index contributed by atoms with van der Waals surface area (Å²) in [7, 11) is 0. The van der Waals surface area contributed by atoms with E-state index in [2.05, 4.69) is 5.48 Å². The van der Waals surface area contributed by atoms with Gasteiger partial charge in [0, 0.05) is 18.7 Å². The van der Waals surface area contributed by atoms with Crippen LogP contribution in [-0.4, -0.2) is 11.0 Å². The van der Waals surface area contributed by atoms with Crippen LogP contribution in [0.5, 0.6) is 0 Å². The van der Waals surface area contributed by atoms with E-state index in [-0.39, 0.29) is 10.6 Å². The maximum absolute atomic E-state index is 10.6. The van der Waals surface area contributed by atoms with Gasteiger partial charge in [0.2, 0.25) is 0 Å². The van der Waals surface area contributed by atoms with E-state index < -0.39 is 0 Å². The average Bonchev–Trinajstić information content (AvgIpc) is 2.82. The standard InChI is InChI=1S/C12H16N2O3/c15-14(16)11-5-3-4-10(8-11)9-13-17-12-6-1-2-7-12/h3-5,8,12-13H,1-2,6-7,9H2. The lowest BCUT2D eigenvalue weighted by Gasteiger charge is -2.11. The second kappa shape index (κ2) is 5.75. The molecule has 17 heavy (non-hydrogen) atoms. The number of nitrogens with zero attached hydrogens (tertiary/aromatic N) is 1. The lowest BCUT2D eigenvalue weighted by atomic mass is 10.2. The Labute approximate surface area is 99.9 Å². The molecular formula is C12H16N2O3. The molecule has 5 nitrogen and oxygen atoms in total. The zero-order chi connectivity index (χ0) is 12.1. The van der Waals surface area contributed by atoms with Gasteiger partial charge in [0.25, 0.3) is 5.69 Å². The highest BCUT2D eigenvalue weighted by molar-refractivity contribution is 5.34. The molecule has 0 heterocycles. The molecule has 0 aromatic heterocycles. The molecule has 1 aliphatic carbocycles. The molecule has 0 radical (unpaired) electrons. The van der Waals surface area contributed by atoms with Crippen LogP contribution in [-0.2, 0) is 11.4 Å². The number of non-ortho nitro benzene ring substituents is 1. The van der Waals surface area contributed by atoms with Crippen molar-refractivity contribution in [3.8, 4) is 0 Å². The van der Waals surface area contributed by atoms with E-state index >= 15 is 0 Å². The summed E-state index contributed by atoms with van der Waals surface area (Å²) >= 11 is 0. The fourth-order valence-corrected chi connectivity index (χ4v) is 2.03. The van der Waals surface area contributed by atoms with Gasteiger partial charge in [0.15, 0.2) is 0 Å². The molecule has 0 amide bonds. The van der Waals surface area contributed by atoms with E-state index in [1.54, 1.807) is 12.1 Å². The molecule has 1 fully saturated rings. The summed E-state index contributed by atoms with van der Waals surface area (Å²) in [5.74, 6) is 0. The third-order valence-corrected chi connectivity index (χ3v) is 2.95. The van der Waals surface area contributed by atoms with Crippen molar-refractivity contribution in [1.29, 1.82) is 0 Å². The number of nitrogens with one attached hydrogen (secondary N) is 1. The maximum atomic E-state index is 10.6. The Morgan fingerprint density at radius 3 is 2.88 bits per heavy atom. The third-order valence-electron chi connectivity index (χ3n) is 2.95. The van der Waals surface area contributed by atoms with Crippen LogP contribution >= 0.6 is 0 Å². The largest absolute Gasteiger partial charge is 0.298 e. The smallest absolute Gasteiger partial charge is 0.269 e. The van der Waals surface area contributed by atoms with Crippen molar-refractivity contribution >= 4 is 5.69 Å². The Balaban J connectivity index is 1.81. The summed E-state index contributed by atoms with van der Waals surface area (Å²) in [5, 5.41) is 10.6. The highest BCUT2D eigenvalue weighted by Gasteiger charge is 2.15. The van der Waals surface area contributed by atoms with E-state index in [4.69, 9.17) is 4.84 Å². The quantitative estimate of drug-likeness (QED) is 0.630. The lowest BCUT2D eigenvalue weighted by Crippen LogP contribution is -2.21. The van der Waals surface area contributed by atoms with Crippen molar-refractivity contribution in [2.75, 3.05) is 0 Å². The molecule has 0 unspecified atom stereocenters. The second-order valence-corrected chi connectivity index (χ2v) is 4.27. The van der Waals surface area contributed by atoms with Gasteiger partial charge in [0.1, 0.15) is 0 Å². The molecule has 92 valence electrons. The lowest BCUT2D eigenvalue weighted by molar-refractivity contribution is -0.384. The van der Waals surface area contributed by atoms with Gasteiger partial charge in [-0.15, -0.1) is 0 Å². The van der Waals surface area contributed by atoms with E-state index in [1.807, 2.05) is 6.07 Å². The number of nitro benzene ring substituents is 1. The normalized spacial score (nSPS) is 16.2. The predicted octanol–water partition coefficient (Wildman–Crippen LogP) is 2.56. The molecule has 1 aromatic rings. The molecule has 2 rings (SSSR count). The third kappa shape index (κ3) is 3.51. The highest BCUT2D eigenvalue weighted by Crippen LogP contribution is 2.20. The Morgan fingerprint density at radius 2 is 2.18 bits per heavy atom. The Bertz CT molecular complexity index is 389. The Kier molecular flexibility index (Phi) is 4.06. The van der Waals surface area contributed by atoms with Crippen molar-refractivity contribution in [3.05, 3.63) is 39.9 Å². The number of benzene rings is 1. The van der Waals surface area contributed by atoms with Crippen LogP contribution < -0.4 is 5.48 Å². The Morgan fingerprint density at radius 1 is 1.41 bits per heavy atom. The molecule has 0 bridgehead atoms. The number of nitro groups is 1. The molecule has 5 heteroatoms. The molecule has 1 aromatic carbocycles. The van der Waals surface area contributed by atoms with Gasteiger partial charge in [0.05, 0.1) is 11.0 Å². The van der Waals surface area contributed by atoms with E-state index in [0.717, 1.165) is 18.4 Å². The molecule has 1 N–H and O–H groups in total. The van der Waals surface area contributed by atoms with Crippen LogP contribution in [0.15, 0.2) is 24.3 Å². The number of hydrogen-bond donors (Lipinski definition) is 1. The summed E-state index contributed by atoms with van der Waals surface area (Å²) in [6.07, 6.45) is 4.95. The van der Waals surface area contributed by atoms with Crippen LogP contribution in [0.25, 0.3) is 0 Å². The van der Waals surface area contributed by atoms with Gasteiger partial charge in [-0.05, 0) is 18.4 Å². The van der Waals surface area contributed by atoms with Gasteiger partial charge >= 0.3 is 0 Å².